The van der Waals surface area contributed by atoms with E-state index in [4.69, 9.17) is 10.2 Å². The topological polar surface area (TPSA) is 146 Å². The number of aromatic nitrogens is 4. The second-order valence-corrected chi connectivity index (χ2v) is 10.4. The Bertz CT molecular complexity index is 1590. The summed E-state index contributed by atoms with van der Waals surface area (Å²) < 4.78 is 20.3. The molecular formula is C29H31FN6O4. The second kappa shape index (κ2) is 11.2. The van der Waals surface area contributed by atoms with Gasteiger partial charge in [0.25, 0.3) is 11.4 Å². The van der Waals surface area contributed by atoms with E-state index in [1.165, 1.54) is 16.7 Å². The smallest absolute Gasteiger partial charge is 0.286 e. The number of carbonyl (C=O) groups excluding carboxylic acids is 2. The molecule has 10 nitrogen and oxygen atoms in total. The fourth-order valence-corrected chi connectivity index (χ4v) is 4.23. The molecule has 2 heterocycles. The molecular weight excluding hydrogens is 515 g/mol. The van der Waals surface area contributed by atoms with Crippen molar-refractivity contribution in [2.75, 3.05) is 5.73 Å². The van der Waals surface area contributed by atoms with Gasteiger partial charge in [0, 0.05) is 5.56 Å². The fourth-order valence-electron chi connectivity index (χ4n) is 4.23. The zero-order valence-corrected chi connectivity index (χ0v) is 22.9. The van der Waals surface area contributed by atoms with Crippen LogP contribution in [0.4, 0.5) is 10.1 Å². The predicted molar refractivity (Wildman–Crippen MR) is 147 cm³/mol. The number of carbonyl (C=O) groups is 2. The van der Waals surface area contributed by atoms with Crippen molar-refractivity contribution in [1.29, 1.82) is 0 Å². The van der Waals surface area contributed by atoms with Crippen LogP contribution in [0, 0.1) is 18.7 Å². The Kier molecular flexibility index (Phi) is 7.94. The molecule has 4 rings (SSSR count). The van der Waals surface area contributed by atoms with Crippen LogP contribution in [-0.2, 0) is 16.8 Å². The summed E-state index contributed by atoms with van der Waals surface area (Å²) in [7, 11) is 0. The van der Waals surface area contributed by atoms with Gasteiger partial charge in [-0.25, -0.2) is 9.37 Å². The number of nitrogen functional groups attached to an aromatic ring is 1. The molecule has 0 saturated carbocycles. The number of Topliss-reactive ketones (excluding diaryl/α,β-unsaturated/α-hetero) is 1. The molecule has 1 atom stereocenters. The van der Waals surface area contributed by atoms with E-state index in [0.717, 1.165) is 5.56 Å². The second-order valence-electron chi connectivity index (χ2n) is 10.4. The molecule has 0 aliphatic rings. The summed E-state index contributed by atoms with van der Waals surface area (Å²) in [5.41, 5.74) is 6.22. The van der Waals surface area contributed by atoms with Gasteiger partial charge in [0.15, 0.2) is 0 Å². The maximum Gasteiger partial charge on any atom is 0.286 e. The molecule has 208 valence electrons. The van der Waals surface area contributed by atoms with Gasteiger partial charge in [-0.15, -0.1) is 10.2 Å². The Hall–Kier alpha value is -4.67. The summed E-state index contributed by atoms with van der Waals surface area (Å²) in [6, 6.07) is 13.8. The van der Waals surface area contributed by atoms with Crippen LogP contribution in [0.2, 0.25) is 0 Å². The van der Waals surface area contributed by atoms with Crippen molar-refractivity contribution in [2.24, 2.45) is 5.92 Å². The highest BCUT2D eigenvalue weighted by molar-refractivity contribution is 5.98. The molecule has 0 bridgehead atoms. The zero-order valence-electron chi connectivity index (χ0n) is 22.9. The molecule has 0 fully saturated rings. The summed E-state index contributed by atoms with van der Waals surface area (Å²) in [4.78, 5) is 44.0. The number of anilines is 1. The highest BCUT2D eigenvalue weighted by Crippen LogP contribution is 2.31. The van der Waals surface area contributed by atoms with Crippen molar-refractivity contribution in [3.63, 3.8) is 0 Å². The first-order valence-corrected chi connectivity index (χ1v) is 12.8. The third-order valence-electron chi connectivity index (χ3n) is 6.73. The molecule has 40 heavy (non-hydrogen) atoms. The van der Waals surface area contributed by atoms with E-state index in [1.54, 1.807) is 57.2 Å². The number of amides is 1. The number of rotatable bonds is 9. The van der Waals surface area contributed by atoms with Crippen molar-refractivity contribution in [3.05, 3.63) is 93.8 Å². The van der Waals surface area contributed by atoms with Crippen molar-refractivity contribution < 1.29 is 18.4 Å². The normalized spacial score (nSPS) is 12.4. The largest absolute Gasteiger partial charge is 0.417 e. The minimum absolute atomic E-state index is 0.0638. The minimum atomic E-state index is -1.01. The van der Waals surface area contributed by atoms with Gasteiger partial charge in [0.05, 0.1) is 17.2 Å². The van der Waals surface area contributed by atoms with E-state index in [1.807, 2.05) is 19.9 Å². The van der Waals surface area contributed by atoms with Crippen molar-refractivity contribution >= 4 is 17.4 Å². The van der Waals surface area contributed by atoms with Crippen LogP contribution in [0.25, 0.3) is 11.4 Å². The fraction of sp³-hybridized carbons (Fsp3) is 0.310. The summed E-state index contributed by atoms with van der Waals surface area (Å²) in [5, 5.41) is 10.7. The molecule has 0 aliphatic heterocycles. The Morgan fingerprint density at radius 1 is 1.07 bits per heavy atom. The summed E-state index contributed by atoms with van der Waals surface area (Å²) >= 11 is 0. The highest BCUT2D eigenvalue weighted by atomic mass is 19.1. The number of nitrogens with zero attached hydrogens (tertiary/aromatic N) is 4. The molecule has 1 amide bonds. The van der Waals surface area contributed by atoms with E-state index >= 15 is 0 Å². The number of hydrogen-bond donors (Lipinski definition) is 2. The number of ketones is 1. The lowest BCUT2D eigenvalue weighted by Gasteiger charge is -2.21. The van der Waals surface area contributed by atoms with E-state index in [0.29, 0.717) is 11.3 Å². The van der Waals surface area contributed by atoms with Gasteiger partial charge in [0.2, 0.25) is 17.6 Å². The van der Waals surface area contributed by atoms with Crippen LogP contribution in [-0.4, -0.2) is 37.5 Å². The lowest BCUT2D eigenvalue weighted by Crippen LogP contribution is -2.46. The lowest BCUT2D eigenvalue weighted by atomic mass is 9.84. The Balaban J connectivity index is 1.58. The molecule has 3 N–H and O–H groups in total. The first-order valence-electron chi connectivity index (χ1n) is 12.8. The zero-order chi connectivity index (χ0) is 29.2. The summed E-state index contributed by atoms with van der Waals surface area (Å²) in [6.07, 6.45) is 0. The summed E-state index contributed by atoms with van der Waals surface area (Å²) in [5.74, 6) is -1.72. The lowest BCUT2D eigenvalue weighted by molar-refractivity contribution is -0.122. The number of nitrogens with two attached hydrogens (primary N) is 1. The maximum atomic E-state index is 13.4. The molecule has 0 aliphatic carbocycles. The molecule has 4 aromatic rings. The quantitative estimate of drug-likeness (QED) is 0.302. The molecule has 11 heteroatoms. The van der Waals surface area contributed by atoms with Crippen LogP contribution in [0.5, 0.6) is 0 Å². The van der Waals surface area contributed by atoms with E-state index in [2.05, 4.69) is 20.5 Å². The van der Waals surface area contributed by atoms with Crippen molar-refractivity contribution in [1.82, 2.24) is 25.1 Å². The van der Waals surface area contributed by atoms with Crippen LogP contribution in [0.1, 0.15) is 55.5 Å². The molecule has 0 radical (unpaired) electrons. The molecule has 0 saturated heterocycles. The number of benzene rings is 2. The van der Waals surface area contributed by atoms with E-state index in [9.17, 15) is 18.8 Å². The predicted octanol–water partition coefficient (Wildman–Crippen LogP) is 3.67. The average Bonchev–Trinajstić information content (AvgIpc) is 3.44. The van der Waals surface area contributed by atoms with Crippen LogP contribution < -0.4 is 16.6 Å². The van der Waals surface area contributed by atoms with Gasteiger partial charge >= 0.3 is 0 Å². The van der Waals surface area contributed by atoms with Gasteiger partial charge in [-0.05, 0) is 44.4 Å². The first kappa shape index (κ1) is 28.3. The molecule has 0 unspecified atom stereocenters. The van der Waals surface area contributed by atoms with Gasteiger partial charge in [-0.2, -0.15) is 0 Å². The van der Waals surface area contributed by atoms with Crippen LogP contribution in [0.3, 0.4) is 0 Å². The van der Waals surface area contributed by atoms with Gasteiger partial charge in [0.1, 0.15) is 23.9 Å². The number of aryl methyl sites for hydroxylation is 1. The van der Waals surface area contributed by atoms with E-state index < -0.39 is 35.3 Å². The van der Waals surface area contributed by atoms with Crippen LogP contribution in [0.15, 0.2) is 63.8 Å². The highest BCUT2D eigenvalue weighted by Gasteiger charge is 2.34. The first-order chi connectivity index (χ1) is 18.9. The van der Waals surface area contributed by atoms with Gasteiger partial charge in [-0.1, -0.05) is 56.3 Å². The van der Waals surface area contributed by atoms with Gasteiger partial charge < -0.3 is 15.5 Å². The Labute approximate surface area is 230 Å². The number of hydrogen-bond acceptors (Lipinski definition) is 8. The number of halogens is 1. The molecule has 2 aromatic carbocycles. The Morgan fingerprint density at radius 2 is 1.73 bits per heavy atom. The Morgan fingerprint density at radius 3 is 2.35 bits per heavy atom. The SMILES string of the molecule is Cc1nc(-c2ccccc2)n(CC(=O)N[C@H](C(=O)c2nnc(C(C)(C)c3ccc(F)cc3)o2)C(C)C)c(=O)c1N. The van der Waals surface area contributed by atoms with Gasteiger partial charge in [-0.3, -0.25) is 19.0 Å². The van der Waals surface area contributed by atoms with Crippen molar-refractivity contribution in [3.8, 4) is 11.4 Å². The van der Waals surface area contributed by atoms with Crippen molar-refractivity contribution in [2.45, 2.75) is 52.6 Å². The monoisotopic (exact) mass is 546 g/mol. The third-order valence-corrected chi connectivity index (χ3v) is 6.73. The molecule has 0 spiro atoms. The number of nitrogens with one attached hydrogen (secondary N) is 1. The van der Waals surface area contributed by atoms with Crippen LogP contribution >= 0.6 is 0 Å². The third kappa shape index (κ3) is 5.68. The average molecular weight is 547 g/mol. The summed E-state index contributed by atoms with van der Waals surface area (Å²) in [6.45, 7) is 8.35. The minimum Gasteiger partial charge on any atom is -0.417 e. The molecule has 2 aromatic heterocycles. The van der Waals surface area contributed by atoms with E-state index in [-0.39, 0.29) is 35.0 Å². The standard InChI is InChI=1S/C29H31FN6O4/c1-16(2)23(24(38)26-34-35-28(40-26)29(4,5)19-11-13-20(30)14-12-19)33-21(37)15-36-25(18-9-7-6-8-10-18)32-17(3)22(31)27(36)39/h6-14,16,23H,15,31H2,1-5H3,(H,33,37)/t23-/m0/s1. The maximum absolute atomic E-state index is 13.4.